The van der Waals surface area contributed by atoms with Crippen molar-refractivity contribution in [2.24, 2.45) is 0 Å². The van der Waals surface area contributed by atoms with Crippen LogP contribution in [0.1, 0.15) is 18.9 Å². The summed E-state index contributed by atoms with van der Waals surface area (Å²) in [6.45, 7) is 2.14. The minimum absolute atomic E-state index is 0.393. The van der Waals surface area contributed by atoms with Gasteiger partial charge in [0.15, 0.2) is 5.11 Å². The highest BCUT2D eigenvalue weighted by Crippen LogP contribution is 2.33. The Balaban J connectivity index is 1.72. The van der Waals surface area contributed by atoms with Gasteiger partial charge in [0.1, 0.15) is 5.66 Å². The summed E-state index contributed by atoms with van der Waals surface area (Å²) in [7, 11) is 0. The van der Waals surface area contributed by atoms with Crippen LogP contribution in [-0.4, -0.2) is 10.1 Å². The van der Waals surface area contributed by atoms with Crippen molar-refractivity contribution in [3.63, 3.8) is 0 Å². The molecule has 6 heteroatoms. The number of rotatable bonds is 3. The van der Waals surface area contributed by atoms with E-state index in [4.69, 9.17) is 17.2 Å². The van der Waals surface area contributed by atoms with Gasteiger partial charge in [0, 0.05) is 0 Å². The summed E-state index contributed by atoms with van der Waals surface area (Å²) in [4.78, 5) is 4.69. The highest BCUT2D eigenvalue weighted by atomic mass is 32.1. The van der Waals surface area contributed by atoms with Gasteiger partial charge in [0.2, 0.25) is 5.13 Å². The van der Waals surface area contributed by atoms with E-state index in [2.05, 4.69) is 35.9 Å². The number of benzene rings is 2. The molecule has 0 aliphatic carbocycles. The number of anilines is 1. The average molecular weight is 340 g/mol. The first-order valence-electron chi connectivity index (χ1n) is 7.53. The molecule has 0 amide bonds. The summed E-state index contributed by atoms with van der Waals surface area (Å²) in [6.07, 6.45) is 0.860. The average Bonchev–Trinajstić information content (AvgIpc) is 3.17. The number of hydrogen-bond acceptors (Lipinski definition) is 4. The Hall–Kier alpha value is -2.02. The number of hydrazine groups is 1. The molecule has 0 bridgehead atoms. The van der Waals surface area contributed by atoms with E-state index in [1.165, 1.54) is 0 Å². The van der Waals surface area contributed by atoms with E-state index in [0.717, 1.165) is 27.3 Å². The first-order valence-corrected chi connectivity index (χ1v) is 8.75. The van der Waals surface area contributed by atoms with Gasteiger partial charge in [0.05, 0.1) is 10.2 Å². The number of thiazole rings is 1. The van der Waals surface area contributed by atoms with Crippen LogP contribution in [-0.2, 0) is 5.66 Å². The topological polar surface area (TPSA) is 40.2 Å². The second kappa shape index (κ2) is 5.56. The maximum atomic E-state index is 5.56. The van der Waals surface area contributed by atoms with Crippen LogP contribution in [0.5, 0.6) is 0 Å². The SMILES string of the molecule is CCC1(c2ccccc2)NC(=S)N(c2nc3ccccc3s2)N1. The van der Waals surface area contributed by atoms with Crippen LogP contribution in [0.3, 0.4) is 0 Å². The Kier molecular flexibility index (Phi) is 3.52. The zero-order valence-electron chi connectivity index (χ0n) is 12.6. The van der Waals surface area contributed by atoms with E-state index >= 15 is 0 Å². The molecule has 116 valence electrons. The first-order chi connectivity index (χ1) is 11.2. The minimum atomic E-state index is -0.393. The van der Waals surface area contributed by atoms with E-state index in [-0.39, 0.29) is 0 Å². The molecule has 1 aromatic heterocycles. The summed E-state index contributed by atoms with van der Waals surface area (Å²) >= 11 is 7.19. The molecule has 23 heavy (non-hydrogen) atoms. The van der Waals surface area contributed by atoms with Gasteiger partial charge in [-0.05, 0) is 36.3 Å². The monoisotopic (exact) mass is 340 g/mol. The Morgan fingerprint density at radius 2 is 1.87 bits per heavy atom. The molecule has 3 aromatic rings. The van der Waals surface area contributed by atoms with Crippen molar-refractivity contribution in [1.82, 2.24) is 15.7 Å². The van der Waals surface area contributed by atoms with Crippen LogP contribution in [0, 0.1) is 0 Å². The van der Waals surface area contributed by atoms with E-state index in [1.54, 1.807) is 11.3 Å². The molecule has 1 saturated heterocycles. The largest absolute Gasteiger partial charge is 0.338 e. The third kappa shape index (κ3) is 2.39. The third-order valence-corrected chi connectivity index (χ3v) is 5.40. The van der Waals surface area contributed by atoms with Crippen LogP contribution in [0.15, 0.2) is 54.6 Å². The zero-order valence-corrected chi connectivity index (χ0v) is 14.2. The summed E-state index contributed by atoms with van der Waals surface area (Å²) in [5.74, 6) is 0. The predicted molar refractivity (Wildman–Crippen MR) is 99.4 cm³/mol. The van der Waals surface area contributed by atoms with Gasteiger partial charge in [-0.3, -0.25) is 0 Å². The molecular formula is C17H16N4S2. The number of hydrogen-bond donors (Lipinski definition) is 2. The lowest BCUT2D eigenvalue weighted by molar-refractivity contribution is 0.337. The second-order valence-electron chi connectivity index (χ2n) is 5.47. The molecule has 4 rings (SSSR count). The van der Waals surface area contributed by atoms with Gasteiger partial charge in [-0.15, -0.1) is 0 Å². The van der Waals surface area contributed by atoms with E-state index in [1.807, 2.05) is 41.4 Å². The van der Waals surface area contributed by atoms with Crippen LogP contribution >= 0.6 is 23.6 Å². The summed E-state index contributed by atoms with van der Waals surface area (Å²) in [5, 5.41) is 6.83. The van der Waals surface area contributed by atoms with E-state index in [9.17, 15) is 0 Å². The normalized spacial score (nSPS) is 20.9. The molecule has 0 saturated carbocycles. The van der Waals surface area contributed by atoms with Crippen LogP contribution < -0.4 is 15.8 Å². The van der Waals surface area contributed by atoms with Crippen molar-refractivity contribution in [1.29, 1.82) is 0 Å². The van der Waals surface area contributed by atoms with Crippen molar-refractivity contribution in [2.45, 2.75) is 19.0 Å². The lowest BCUT2D eigenvalue weighted by Gasteiger charge is -2.28. The van der Waals surface area contributed by atoms with Gasteiger partial charge >= 0.3 is 0 Å². The quantitative estimate of drug-likeness (QED) is 0.711. The number of nitrogens with zero attached hydrogens (tertiary/aromatic N) is 2. The zero-order chi connectivity index (χ0) is 15.9. The minimum Gasteiger partial charge on any atom is -0.338 e. The number of para-hydroxylation sites is 1. The third-order valence-electron chi connectivity index (χ3n) is 4.10. The summed E-state index contributed by atoms with van der Waals surface area (Å²) < 4.78 is 1.15. The van der Waals surface area contributed by atoms with E-state index in [0.29, 0.717) is 5.11 Å². The van der Waals surface area contributed by atoms with Gasteiger partial charge in [-0.25, -0.2) is 9.99 Å². The summed E-state index contributed by atoms with van der Waals surface area (Å²) in [6, 6.07) is 18.4. The predicted octanol–water partition coefficient (Wildman–Crippen LogP) is 3.76. The van der Waals surface area contributed by atoms with Gasteiger partial charge in [-0.2, -0.15) is 5.43 Å². The molecule has 2 N–H and O–H groups in total. The molecule has 1 aliphatic heterocycles. The fourth-order valence-electron chi connectivity index (χ4n) is 2.83. The Morgan fingerprint density at radius 3 is 2.61 bits per heavy atom. The molecule has 0 radical (unpaired) electrons. The molecule has 4 nitrogen and oxygen atoms in total. The Bertz CT molecular complexity index is 828. The molecule has 2 aromatic carbocycles. The fourth-order valence-corrected chi connectivity index (χ4v) is 4.13. The highest BCUT2D eigenvalue weighted by molar-refractivity contribution is 7.80. The lowest BCUT2D eigenvalue weighted by Crippen LogP contribution is -2.47. The molecule has 1 unspecified atom stereocenters. The molecule has 1 fully saturated rings. The number of fused-ring (bicyclic) bond motifs is 1. The highest BCUT2D eigenvalue weighted by Gasteiger charge is 2.41. The van der Waals surface area contributed by atoms with Crippen molar-refractivity contribution in [2.75, 3.05) is 5.01 Å². The standard InChI is InChI=1S/C17H16N4S2/c1-2-17(12-8-4-3-5-9-12)19-15(22)21(20-17)16-18-13-10-6-7-11-14(13)23-16/h3-11,20H,2H2,1H3,(H,19,22). The molecule has 1 aliphatic rings. The van der Waals surface area contributed by atoms with Gasteiger partial charge in [-0.1, -0.05) is 60.7 Å². The number of thiocarbonyl (C=S) groups is 1. The van der Waals surface area contributed by atoms with Crippen molar-refractivity contribution in [3.05, 3.63) is 60.2 Å². The fraction of sp³-hybridized carbons (Fsp3) is 0.176. The van der Waals surface area contributed by atoms with Crippen molar-refractivity contribution in [3.8, 4) is 0 Å². The summed E-state index contributed by atoms with van der Waals surface area (Å²) in [5.41, 5.74) is 5.29. The smallest absolute Gasteiger partial charge is 0.207 e. The van der Waals surface area contributed by atoms with E-state index < -0.39 is 5.66 Å². The molecular weight excluding hydrogens is 324 g/mol. The Labute approximate surface area is 144 Å². The van der Waals surface area contributed by atoms with Crippen molar-refractivity contribution >= 4 is 44.0 Å². The molecule has 2 heterocycles. The number of aromatic nitrogens is 1. The van der Waals surface area contributed by atoms with Gasteiger partial charge < -0.3 is 5.32 Å². The lowest BCUT2D eigenvalue weighted by atomic mass is 9.98. The van der Waals surface area contributed by atoms with Crippen LogP contribution in [0.2, 0.25) is 0 Å². The molecule has 0 spiro atoms. The second-order valence-corrected chi connectivity index (χ2v) is 6.86. The number of nitrogens with one attached hydrogen (secondary N) is 2. The van der Waals surface area contributed by atoms with Crippen LogP contribution in [0.25, 0.3) is 10.2 Å². The van der Waals surface area contributed by atoms with Crippen molar-refractivity contribution < 1.29 is 0 Å². The van der Waals surface area contributed by atoms with Gasteiger partial charge in [0.25, 0.3) is 0 Å². The maximum Gasteiger partial charge on any atom is 0.207 e. The maximum absolute atomic E-state index is 5.56. The molecule has 1 atom stereocenters. The Morgan fingerprint density at radius 1 is 1.13 bits per heavy atom. The van der Waals surface area contributed by atoms with Crippen LogP contribution in [0.4, 0.5) is 5.13 Å². The first kappa shape index (κ1) is 14.6.